The first-order valence-electron chi connectivity index (χ1n) is 6.05. The Morgan fingerprint density at radius 3 is 2.42 bits per heavy atom. The normalized spacial score (nSPS) is 23.8. The average molecular weight is 282 g/mol. The number of carboxylic acids is 1. The second-order valence-electron chi connectivity index (χ2n) is 5.56. The molecular weight excluding hydrogens is 266 g/mol. The number of aryl methyl sites for hydroxylation is 1. The van der Waals surface area contributed by atoms with Crippen molar-refractivity contribution in [3.05, 3.63) is 28.8 Å². The first-order valence-corrected chi connectivity index (χ1v) is 6.42. The van der Waals surface area contributed by atoms with E-state index in [1.54, 1.807) is 32.0 Å². The SMILES string of the molecule is Cc1cc(Cl)ccc1NC(=O)C1C(C(=O)O)C1(C)C. The van der Waals surface area contributed by atoms with Gasteiger partial charge in [-0.05, 0) is 36.1 Å². The summed E-state index contributed by atoms with van der Waals surface area (Å²) in [4.78, 5) is 23.2. The number of hydrogen-bond acceptors (Lipinski definition) is 2. The van der Waals surface area contributed by atoms with Crippen LogP contribution in [0.3, 0.4) is 0 Å². The minimum Gasteiger partial charge on any atom is -0.481 e. The first-order chi connectivity index (χ1) is 8.75. The molecular formula is C14H16ClNO3. The number of benzene rings is 1. The third-order valence-corrected chi connectivity index (χ3v) is 4.06. The number of halogens is 1. The highest BCUT2D eigenvalue weighted by molar-refractivity contribution is 6.30. The summed E-state index contributed by atoms with van der Waals surface area (Å²) >= 11 is 5.85. The zero-order chi connectivity index (χ0) is 14.4. The van der Waals surface area contributed by atoms with Gasteiger partial charge < -0.3 is 10.4 Å². The fourth-order valence-corrected chi connectivity index (χ4v) is 2.79. The molecule has 2 N–H and O–H groups in total. The van der Waals surface area contributed by atoms with Gasteiger partial charge in [-0.15, -0.1) is 0 Å². The van der Waals surface area contributed by atoms with Crippen LogP contribution in [0.5, 0.6) is 0 Å². The lowest BCUT2D eigenvalue weighted by atomic mass is 10.1. The molecule has 4 nitrogen and oxygen atoms in total. The van der Waals surface area contributed by atoms with Gasteiger partial charge in [-0.25, -0.2) is 0 Å². The zero-order valence-corrected chi connectivity index (χ0v) is 11.8. The monoisotopic (exact) mass is 281 g/mol. The molecule has 0 saturated heterocycles. The molecule has 1 amide bonds. The molecule has 19 heavy (non-hydrogen) atoms. The molecule has 2 unspecified atom stereocenters. The van der Waals surface area contributed by atoms with E-state index in [1.807, 2.05) is 6.92 Å². The summed E-state index contributed by atoms with van der Waals surface area (Å²) in [6.45, 7) is 5.43. The highest BCUT2D eigenvalue weighted by Gasteiger charge is 2.65. The average Bonchev–Trinajstić information content (AvgIpc) is 2.86. The summed E-state index contributed by atoms with van der Waals surface area (Å²) in [6.07, 6.45) is 0. The van der Waals surface area contributed by atoms with Gasteiger partial charge in [-0.2, -0.15) is 0 Å². The van der Waals surface area contributed by atoms with Crippen molar-refractivity contribution in [1.82, 2.24) is 0 Å². The maximum Gasteiger partial charge on any atom is 0.307 e. The number of amides is 1. The van der Waals surface area contributed by atoms with Crippen molar-refractivity contribution in [2.45, 2.75) is 20.8 Å². The topological polar surface area (TPSA) is 66.4 Å². The zero-order valence-electron chi connectivity index (χ0n) is 11.0. The van der Waals surface area contributed by atoms with Crippen LogP contribution in [0.15, 0.2) is 18.2 Å². The van der Waals surface area contributed by atoms with Crippen molar-refractivity contribution in [2.75, 3.05) is 5.32 Å². The largest absolute Gasteiger partial charge is 0.481 e. The maximum absolute atomic E-state index is 12.1. The number of carboxylic acid groups (broad SMARTS) is 1. The Labute approximate surface area is 116 Å². The van der Waals surface area contributed by atoms with Crippen molar-refractivity contribution in [1.29, 1.82) is 0 Å². The number of hydrogen-bond donors (Lipinski definition) is 2. The molecule has 1 aromatic carbocycles. The molecule has 0 aliphatic heterocycles. The van der Waals surface area contributed by atoms with Crippen LogP contribution in [0.2, 0.25) is 5.02 Å². The van der Waals surface area contributed by atoms with Crippen LogP contribution in [0, 0.1) is 24.2 Å². The van der Waals surface area contributed by atoms with Gasteiger partial charge in [0.05, 0.1) is 11.8 Å². The predicted octanol–water partition coefficient (Wildman–Crippen LogP) is 2.94. The molecule has 5 heteroatoms. The summed E-state index contributed by atoms with van der Waals surface area (Å²) in [5.41, 5.74) is 1.03. The van der Waals surface area contributed by atoms with Gasteiger partial charge >= 0.3 is 5.97 Å². The van der Waals surface area contributed by atoms with E-state index >= 15 is 0 Å². The number of nitrogens with one attached hydrogen (secondary N) is 1. The van der Waals surface area contributed by atoms with Gasteiger partial charge in [-0.3, -0.25) is 9.59 Å². The smallest absolute Gasteiger partial charge is 0.307 e. The molecule has 1 aliphatic rings. The van der Waals surface area contributed by atoms with Crippen molar-refractivity contribution >= 4 is 29.2 Å². The maximum atomic E-state index is 12.1. The third-order valence-electron chi connectivity index (χ3n) is 3.82. The number of aliphatic carboxylic acids is 1. The van der Waals surface area contributed by atoms with Crippen LogP contribution in [0.4, 0.5) is 5.69 Å². The van der Waals surface area contributed by atoms with Gasteiger partial charge in [0.25, 0.3) is 0 Å². The third kappa shape index (κ3) is 2.45. The standard InChI is InChI=1S/C14H16ClNO3/c1-7-6-8(15)4-5-9(7)16-12(17)10-11(13(18)19)14(10,2)3/h4-6,10-11H,1-3H3,(H,16,17)(H,18,19). The van der Waals surface area contributed by atoms with Gasteiger partial charge in [0.15, 0.2) is 0 Å². The van der Waals surface area contributed by atoms with Gasteiger partial charge in [0.1, 0.15) is 0 Å². The molecule has 102 valence electrons. The van der Waals surface area contributed by atoms with E-state index in [2.05, 4.69) is 5.32 Å². The van der Waals surface area contributed by atoms with E-state index in [-0.39, 0.29) is 5.91 Å². The van der Waals surface area contributed by atoms with E-state index in [1.165, 1.54) is 0 Å². The van der Waals surface area contributed by atoms with Crippen LogP contribution < -0.4 is 5.32 Å². The molecule has 0 bridgehead atoms. The number of carbonyl (C=O) groups is 2. The van der Waals surface area contributed by atoms with Crippen LogP contribution >= 0.6 is 11.6 Å². The highest BCUT2D eigenvalue weighted by Crippen LogP contribution is 2.58. The van der Waals surface area contributed by atoms with Crippen molar-refractivity contribution in [3.8, 4) is 0 Å². The molecule has 2 atom stereocenters. The van der Waals surface area contributed by atoms with Gasteiger partial charge in [0, 0.05) is 10.7 Å². The first kappa shape index (κ1) is 13.9. The Balaban J connectivity index is 2.13. The molecule has 2 rings (SSSR count). The molecule has 0 radical (unpaired) electrons. The minimum atomic E-state index is -0.919. The molecule has 0 heterocycles. The lowest BCUT2D eigenvalue weighted by Crippen LogP contribution is -2.18. The fourth-order valence-electron chi connectivity index (χ4n) is 2.57. The second kappa shape index (κ2) is 4.53. The van der Waals surface area contributed by atoms with Crippen molar-refractivity contribution in [2.24, 2.45) is 17.3 Å². The van der Waals surface area contributed by atoms with Gasteiger partial charge in [0.2, 0.25) is 5.91 Å². The molecule has 1 saturated carbocycles. The van der Waals surface area contributed by atoms with E-state index < -0.39 is 23.2 Å². The Kier molecular flexibility index (Phi) is 3.31. The minimum absolute atomic E-state index is 0.247. The van der Waals surface area contributed by atoms with E-state index in [0.717, 1.165) is 5.56 Å². The highest BCUT2D eigenvalue weighted by atomic mass is 35.5. The quantitative estimate of drug-likeness (QED) is 0.895. The summed E-state index contributed by atoms with van der Waals surface area (Å²) in [5, 5.41) is 12.4. The Bertz CT molecular complexity index is 554. The number of carbonyl (C=O) groups excluding carboxylic acids is 1. The van der Waals surface area contributed by atoms with E-state index in [0.29, 0.717) is 10.7 Å². The number of anilines is 1. The second-order valence-corrected chi connectivity index (χ2v) is 6.00. The Hall–Kier alpha value is -1.55. The predicted molar refractivity (Wildman–Crippen MR) is 73.2 cm³/mol. The Morgan fingerprint density at radius 1 is 1.32 bits per heavy atom. The van der Waals surface area contributed by atoms with E-state index in [9.17, 15) is 9.59 Å². The summed E-state index contributed by atoms with van der Waals surface area (Å²) in [7, 11) is 0. The van der Waals surface area contributed by atoms with Crippen LogP contribution in [0.1, 0.15) is 19.4 Å². The number of rotatable bonds is 3. The molecule has 1 aliphatic carbocycles. The van der Waals surface area contributed by atoms with Crippen LogP contribution in [-0.4, -0.2) is 17.0 Å². The lowest BCUT2D eigenvalue weighted by molar-refractivity contribution is -0.140. The molecule has 1 fully saturated rings. The van der Waals surface area contributed by atoms with Crippen molar-refractivity contribution < 1.29 is 14.7 Å². The summed E-state index contributed by atoms with van der Waals surface area (Å²) in [5.74, 6) is -2.26. The summed E-state index contributed by atoms with van der Waals surface area (Å²) in [6, 6.07) is 5.17. The van der Waals surface area contributed by atoms with Crippen LogP contribution in [0.25, 0.3) is 0 Å². The molecule has 0 spiro atoms. The van der Waals surface area contributed by atoms with Gasteiger partial charge in [-0.1, -0.05) is 25.4 Å². The van der Waals surface area contributed by atoms with Crippen molar-refractivity contribution in [3.63, 3.8) is 0 Å². The van der Waals surface area contributed by atoms with Crippen LogP contribution in [-0.2, 0) is 9.59 Å². The summed E-state index contributed by atoms with van der Waals surface area (Å²) < 4.78 is 0. The fraction of sp³-hybridized carbons (Fsp3) is 0.429. The van der Waals surface area contributed by atoms with E-state index in [4.69, 9.17) is 16.7 Å². The molecule has 1 aromatic rings. The lowest BCUT2D eigenvalue weighted by Gasteiger charge is -2.09. The molecule has 0 aromatic heterocycles. The Morgan fingerprint density at radius 2 is 1.95 bits per heavy atom.